The van der Waals surface area contributed by atoms with Crippen LogP contribution in [0.1, 0.15) is 18.4 Å². The second kappa shape index (κ2) is 5.26. The van der Waals surface area contributed by atoms with Gasteiger partial charge in [0.05, 0.1) is 18.8 Å². The van der Waals surface area contributed by atoms with Crippen LogP contribution >= 0.6 is 0 Å². The first-order valence-electron chi connectivity index (χ1n) is 7.04. The van der Waals surface area contributed by atoms with Gasteiger partial charge in [0, 0.05) is 18.5 Å². The van der Waals surface area contributed by atoms with Crippen LogP contribution in [0.4, 0.5) is 13.2 Å². The van der Waals surface area contributed by atoms with Crippen molar-refractivity contribution in [1.29, 1.82) is 0 Å². The van der Waals surface area contributed by atoms with Crippen molar-refractivity contribution in [3.63, 3.8) is 0 Å². The number of hydrogen-bond donors (Lipinski definition) is 1. The minimum Gasteiger partial charge on any atom is -0.389 e. The quantitative estimate of drug-likeness (QED) is 0.847. The number of fused-ring (bicyclic) bond motifs is 2. The normalized spacial score (nSPS) is 33.2. The lowest BCUT2D eigenvalue weighted by molar-refractivity contribution is -0.133. The predicted octanol–water partition coefficient (Wildman–Crippen LogP) is 1.87. The van der Waals surface area contributed by atoms with E-state index in [0.717, 1.165) is 6.07 Å². The SMILES string of the molecule is CN1C2COCC1CC(O)(Cc1ccc(F)c(F)c1F)C2. The van der Waals surface area contributed by atoms with Gasteiger partial charge in [-0.05, 0) is 31.5 Å². The van der Waals surface area contributed by atoms with E-state index >= 15 is 0 Å². The van der Waals surface area contributed by atoms with Gasteiger partial charge in [0.1, 0.15) is 0 Å². The van der Waals surface area contributed by atoms with Crippen LogP contribution in [0.3, 0.4) is 0 Å². The van der Waals surface area contributed by atoms with Crippen LogP contribution < -0.4 is 0 Å². The molecule has 1 aromatic rings. The first kappa shape index (κ1) is 14.8. The molecule has 1 aromatic carbocycles. The van der Waals surface area contributed by atoms with Crippen LogP contribution in [-0.2, 0) is 11.2 Å². The van der Waals surface area contributed by atoms with Crippen molar-refractivity contribution in [2.45, 2.75) is 36.9 Å². The van der Waals surface area contributed by atoms with Gasteiger partial charge in [-0.1, -0.05) is 6.07 Å². The number of likely N-dealkylation sites (N-methyl/N-ethyl adjacent to an activating group) is 1. The highest BCUT2D eigenvalue weighted by Gasteiger charge is 2.45. The molecular weight excluding hydrogens is 283 g/mol. The average Bonchev–Trinajstić information content (AvgIpc) is 2.42. The summed E-state index contributed by atoms with van der Waals surface area (Å²) in [7, 11) is 1.98. The molecule has 2 unspecified atom stereocenters. The van der Waals surface area contributed by atoms with Gasteiger partial charge in [-0.3, -0.25) is 4.90 Å². The summed E-state index contributed by atoms with van der Waals surface area (Å²) in [5.41, 5.74) is -1.10. The summed E-state index contributed by atoms with van der Waals surface area (Å²) in [6, 6.07) is 2.23. The maximum Gasteiger partial charge on any atom is 0.194 e. The standard InChI is InChI=1S/C15H18F3NO2/c1-19-10-5-15(20,6-11(19)8-21-7-10)4-9-2-3-12(16)14(18)13(9)17/h2-3,10-11,20H,4-8H2,1H3. The maximum absolute atomic E-state index is 13.8. The molecule has 21 heavy (non-hydrogen) atoms. The van der Waals surface area contributed by atoms with E-state index in [4.69, 9.17) is 4.74 Å². The van der Waals surface area contributed by atoms with Crippen molar-refractivity contribution in [1.82, 2.24) is 4.90 Å². The smallest absolute Gasteiger partial charge is 0.194 e. The second-order valence-electron chi connectivity index (χ2n) is 6.15. The Labute approximate surface area is 121 Å². The lowest BCUT2D eigenvalue weighted by Crippen LogP contribution is -2.60. The maximum atomic E-state index is 13.8. The second-order valence-corrected chi connectivity index (χ2v) is 6.15. The van der Waals surface area contributed by atoms with E-state index in [1.807, 2.05) is 7.05 Å². The molecule has 2 aliphatic heterocycles. The molecule has 2 heterocycles. The molecule has 2 aliphatic rings. The molecular formula is C15H18F3NO2. The molecule has 0 spiro atoms. The van der Waals surface area contributed by atoms with Crippen molar-refractivity contribution in [3.8, 4) is 0 Å². The molecule has 1 N–H and O–H groups in total. The topological polar surface area (TPSA) is 32.7 Å². The van der Waals surface area contributed by atoms with Gasteiger partial charge in [0.15, 0.2) is 17.5 Å². The van der Waals surface area contributed by atoms with Gasteiger partial charge in [0.25, 0.3) is 0 Å². The highest BCUT2D eigenvalue weighted by atomic mass is 19.2. The molecule has 0 saturated carbocycles. The van der Waals surface area contributed by atoms with Crippen LogP contribution in [0.2, 0.25) is 0 Å². The number of morpholine rings is 1. The third-order valence-electron chi connectivity index (χ3n) is 4.64. The Balaban J connectivity index is 1.83. The fourth-order valence-corrected chi connectivity index (χ4v) is 3.44. The number of rotatable bonds is 2. The van der Waals surface area contributed by atoms with Crippen LogP contribution in [0.5, 0.6) is 0 Å². The Morgan fingerprint density at radius 3 is 2.43 bits per heavy atom. The van der Waals surface area contributed by atoms with Crippen LogP contribution in [0, 0.1) is 17.5 Å². The summed E-state index contributed by atoms with van der Waals surface area (Å²) in [4.78, 5) is 2.17. The van der Waals surface area contributed by atoms with E-state index < -0.39 is 23.1 Å². The van der Waals surface area contributed by atoms with Crippen molar-refractivity contribution >= 4 is 0 Å². The molecule has 2 fully saturated rings. The van der Waals surface area contributed by atoms with E-state index in [1.165, 1.54) is 6.07 Å². The first-order valence-corrected chi connectivity index (χ1v) is 7.04. The third-order valence-corrected chi connectivity index (χ3v) is 4.64. The Kier molecular flexibility index (Phi) is 3.71. The van der Waals surface area contributed by atoms with Crippen LogP contribution in [-0.4, -0.2) is 48.0 Å². The summed E-state index contributed by atoms with van der Waals surface area (Å²) in [6.07, 6.45) is 0.841. The largest absolute Gasteiger partial charge is 0.389 e. The zero-order chi connectivity index (χ0) is 15.2. The van der Waals surface area contributed by atoms with E-state index in [-0.39, 0.29) is 24.1 Å². The van der Waals surface area contributed by atoms with E-state index in [9.17, 15) is 18.3 Å². The summed E-state index contributed by atoms with van der Waals surface area (Å²) in [5.74, 6) is -3.90. The molecule has 3 nitrogen and oxygen atoms in total. The Hall–Kier alpha value is -1.11. The number of ether oxygens (including phenoxy) is 1. The molecule has 2 bridgehead atoms. The molecule has 0 aliphatic carbocycles. The summed E-state index contributed by atoms with van der Waals surface area (Å²) < 4.78 is 45.5. The number of benzene rings is 1. The van der Waals surface area contributed by atoms with Crippen molar-refractivity contribution in [2.75, 3.05) is 20.3 Å². The molecule has 116 valence electrons. The summed E-state index contributed by atoms with van der Waals surface area (Å²) >= 11 is 0. The zero-order valence-electron chi connectivity index (χ0n) is 11.8. The molecule has 2 atom stereocenters. The minimum atomic E-state index is -1.48. The van der Waals surface area contributed by atoms with Gasteiger partial charge in [0.2, 0.25) is 0 Å². The van der Waals surface area contributed by atoms with Crippen molar-refractivity contribution in [3.05, 3.63) is 35.1 Å². The molecule has 0 aromatic heterocycles. The Bertz CT molecular complexity index is 538. The fourth-order valence-electron chi connectivity index (χ4n) is 3.44. The van der Waals surface area contributed by atoms with Crippen LogP contribution in [0.25, 0.3) is 0 Å². The zero-order valence-corrected chi connectivity index (χ0v) is 11.8. The first-order chi connectivity index (χ1) is 9.89. The van der Waals surface area contributed by atoms with Gasteiger partial charge in [-0.25, -0.2) is 13.2 Å². The monoisotopic (exact) mass is 301 g/mol. The minimum absolute atomic E-state index is 0.0138. The Morgan fingerprint density at radius 1 is 1.19 bits per heavy atom. The van der Waals surface area contributed by atoms with Crippen LogP contribution in [0.15, 0.2) is 12.1 Å². The molecule has 3 rings (SSSR count). The van der Waals surface area contributed by atoms with E-state index in [0.29, 0.717) is 26.1 Å². The number of hydrogen-bond acceptors (Lipinski definition) is 3. The number of aliphatic hydroxyl groups is 1. The van der Waals surface area contributed by atoms with Gasteiger partial charge in [-0.2, -0.15) is 0 Å². The third kappa shape index (κ3) is 2.67. The number of piperidine rings is 1. The number of halogens is 3. The highest BCUT2D eigenvalue weighted by Crippen LogP contribution is 2.36. The van der Waals surface area contributed by atoms with Crippen molar-refractivity contribution < 1.29 is 23.0 Å². The average molecular weight is 301 g/mol. The molecule has 6 heteroatoms. The Morgan fingerprint density at radius 2 is 1.81 bits per heavy atom. The van der Waals surface area contributed by atoms with Crippen molar-refractivity contribution in [2.24, 2.45) is 0 Å². The van der Waals surface area contributed by atoms with Gasteiger partial charge < -0.3 is 9.84 Å². The van der Waals surface area contributed by atoms with Gasteiger partial charge in [-0.15, -0.1) is 0 Å². The summed E-state index contributed by atoms with van der Waals surface area (Å²) in [5, 5.41) is 10.8. The van der Waals surface area contributed by atoms with E-state index in [2.05, 4.69) is 4.90 Å². The molecule has 0 amide bonds. The highest BCUT2D eigenvalue weighted by molar-refractivity contribution is 5.23. The lowest BCUT2D eigenvalue weighted by Gasteiger charge is -2.50. The molecule has 2 saturated heterocycles. The fraction of sp³-hybridized carbons (Fsp3) is 0.600. The predicted molar refractivity (Wildman–Crippen MR) is 70.4 cm³/mol. The van der Waals surface area contributed by atoms with E-state index in [1.54, 1.807) is 0 Å². The summed E-state index contributed by atoms with van der Waals surface area (Å²) in [6.45, 7) is 1.05. The number of nitrogens with zero attached hydrogens (tertiary/aromatic N) is 1. The lowest BCUT2D eigenvalue weighted by atomic mass is 9.78. The van der Waals surface area contributed by atoms with Gasteiger partial charge >= 0.3 is 0 Å². The molecule has 0 radical (unpaired) electrons.